The van der Waals surface area contributed by atoms with Gasteiger partial charge in [-0.05, 0) is 42.8 Å². The Hall–Kier alpha value is -4.11. The van der Waals surface area contributed by atoms with Gasteiger partial charge in [0.25, 0.3) is 5.56 Å². The smallest absolute Gasteiger partial charge is 0.262 e. The average molecular weight is 501 g/mol. The maximum absolute atomic E-state index is 13.4. The molecule has 0 saturated carbocycles. The van der Waals surface area contributed by atoms with Crippen LogP contribution in [0, 0.1) is 6.92 Å². The third-order valence-corrected chi connectivity index (χ3v) is 6.74. The molecule has 0 bridgehead atoms. The summed E-state index contributed by atoms with van der Waals surface area (Å²) in [5.74, 6) is 2.75. The van der Waals surface area contributed by atoms with E-state index in [0.29, 0.717) is 57.1 Å². The van der Waals surface area contributed by atoms with Crippen LogP contribution in [0.3, 0.4) is 0 Å². The molecular formula is C27H24N4O4S. The van der Waals surface area contributed by atoms with Gasteiger partial charge in [0.1, 0.15) is 5.76 Å². The van der Waals surface area contributed by atoms with E-state index in [9.17, 15) is 4.79 Å². The highest BCUT2D eigenvalue weighted by Gasteiger charge is 2.19. The molecule has 0 spiro atoms. The fourth-order valence-corrected chi connectivity index (χ4v) is 4.94. The van der Waals surface area contributed by atoms with Crippen molar-refractivity contribution in [3.8, 4) is 23.0 Å². The molecule has 0 atom stereocenters. The van der Waals surface area contributed by atoms with Gasteiger partial charge in [-0.2, -0.15) is 0 Å². The highest BCUT2D eigenvalue weighted by atomic mass is 32.2. The Kier molecular flexibility index (Phi) is 6.73. The topological polar surface area (TPSA) is 92.3 Å². The van der Waals surface area contributed by atoms with Crippen LogP contribution in [-0.4, -0.2) is 33.7 Å². The number of aryl methyl sites for hydroxylation is 1. The van der Waals surface area contributed by atoms with Crippen LogP contribution in [-0.2, 0) is 12.3 Å². The van der Waals surface area contributed by atoms with Gasteiger partial charge in [-0.3, -0.25) is 14.3 Å². The summed E-state index contributed by atoms with van der Waals surface area (Å²) in [4.78, 5) is 27.1. The van der Waals surface area contributed by atoms with Crippen molar-refractivity contribution in [3.05, 3.63) is 94.4 Å². The van der Waals surface area contributed by atoms with Crippen LogP contribution >= 0.6 is 11.8 Å². The van der Waals surface area contributed by atoms with Crippen molar-refractivity contribution in [1.82, 2.24) is 19.5 Å². The van der Waals surface area contributed by atoms with E-state index in [-0.39, 0.29) is 5.56 Å². The van der Waals surface area contributed by atoms with Gasteiger partial charge in [-0.25, -0.2) is 9.97 Å². The van der Waals surface area contributed by atoms with Crippen molar-refractivity contribution in [2.75, 3.05) is 14.2 Å². The zero-order valence-electron chi connectivity index (χ0n) is 20.1. The maximum atomic E-state index is 13.4. The van der Waals surface area contributed by atoms with E-state index in [1.807, 2.05) is 55.5 Å². The number of para-hydroxylation sites is 2. The monoisotopic (exact) mass is 500 g/mol. The van der Waals surface area contributed by atoms with Gasteiger partial charge in [-0.1, -0.05) is 36.0 Å². The number of fused-ring (bicyclic) bond motifs is 1. The lowest BCUT2D eigenvalue weighted by atomic mass is 10.2. The fraction of sp³-hybridized carbons (Fsp3) is 0.185. The quantitative estimate of drug-likeness (QED) is 0.214. The second-order valence-corrected chi connectivity index (χ2v) is 8.96. The molecule has 0 aliphatic rings. The third-order valence-electron chi connectivity index (χ3n) is 5.75. The SMILES string of the molecule is COc1cccc(-c2nc(CSc3nc4ccccc4c(=O)n3Cc3cccnc3)c(C)o2)c1OC. The number of rotatable bonds is 8. The van der Waals surface area contributed by atoms with Crippen molar-refractivity contribution < 1.29 is 13.9 Å². The zero-order chi connectivity index (χ0) is 25.1. The number of thioether (sulfide) groups is 1. The summed E-state index contributed by atoms with van der Waals surface area (Å²) < 4.78 is 18.6. The number of hydrogen-bond acceptors (Lipinski definition) is 8. The van der Waals surface area contributed by atoms with E-state index in [1.165, 1.54) is 11.8 Å². The molecule has 5 rings (SSSR count). The normalized spacial score (nSPS) is 11.1. The van der Waals surface area contributed by atoms with E-state index in [2.05, 4.69) is 4.98 Å². The summed E-state index contributed by atoms with van der Waals surface area (Å²) in [5, 5.41) is 1.18. The highest BCUT2D eigenvalue weighted by molar-refractivity contribution is 7.98. The number of hydrogen-bond donors (Lipinski definition) is 0. The zero-order valence-corrected chi connectivity index (χ0v) is 20.9. The number of benzene rings is 2. The molecule has 3 heterocycles. The Labute approximate surface area is 212 Å². The molecule has 2 aromatic carbocycles. The molecule has 0 aliphatic carbocycles. The summed E-state index contributed by atoms with van der Waals surface area (Å²) in [6, 6.07) is 16.7. The second-order valence-electron chi connectivity index (χ2n) is 8.02. The summed E-state index contributed by atoms with van der Waals surface area (Å²) in [6.45, 7) is 2.24. The fourth-order valence-electron chi connectivity index (χ4n) is 3.94. The van der Waals surface area contributed by atoms with Crippen molar-refractivity contribution >= 4 is 22.7 Å². The van der Waals surface area contributed by atoms with E-state index < -0.39 is 0 Å². The van der Waals surface area contributed by atoms with Gasteiger partial charge in [0.15, 0.2) is 16.7 Å². The summed E-state index contributed by atoms with van der Waals surface area (Å²) >= 11 is 1.44. The van der Waals surface area contributed by atoms with E-state index >= 15 is 0 Å². The van der Waals surface area contributed by atoms with Crippen LogP contribution in [0.1, 0.15) is 17.0 Å². The summed E-state index contributed by atoms with van der Waals surface area (Å²) in [5.41, 5.74) is 2.95. The third kappa shape index (κ3) is 4.57. The molecule has 5 aromatic rings. The molecule has 36 heavy (non-hydrogen) atoms. The number of ether oxygens (including phenoxy) is 2. The van der Waals surface area contributed by atoms with Crippen molar-refractivity contribution in [1.29, 1.82) is 0 Å². The predicted octanol–water partition coefficient (Wildman–Crippen LogP) is 5.11. The molecule has 182 valence electrons. The van der Waals surface area contributed by atoms with Crippen molar-refractivity contribution in [2.45, 2.75) is 24.4 Å². The Bertz CT molecular complexity index is 1580. The van der Waals surface area contributed by atoms with Crippen LogP contribution in [0.2, 0.25) is 0 Å². The molecule has 0 fully saturated rings. The van der Waals surface area contributed by atoms with Gasteiger partial charge < -0.3 is 13.9 Å². The van der Waals surface area contributed by atoms with E-state index in [1.54, 1.807) is 37.2 Å². The molecule has 0 saturated heterocycles. The number of oxazole rings is 1. The van der Waals surface area contributed by atoms with Crippen molar-refractivity contribution in [2.24, 2.45) is 0 Å². The number of nitrogens with zero attached hydrogens (tertiary/aromatic N) is 4. The minimum atomic E-state index is -0.0920. The Morgan fingerprint density at radius 2 is 1.86 bits per heavy atom. The minimum Gasteiger partial charge on any atom is -0.493 e. The lowest BCUT2D eigenvalue weighted by Gasteiger charge is -2.13. The van der Waals surface area contributed by atoms with Crippen LogP contribution in [0.5, 0.6) is 11.5 Å². The lowest BCUT2D eigenvalue weighted by molar-refractivity contribution is 0.355. The number of pyridine rings is 1. The van der Waals surface area contributed by atoms with Crippen LogP contribution in [0.15, 0.2) is 81.4 Å². The molecule has 0 unspecified atom stereocenters. The first kappa shape index (κ1) is 23.6. The second kappa shape index (κ2) is 10.2. The Balaban J connectivity index is 1.49. The Morgan fingerprint density at radius 3 is 2.64 bits per heavy atom. The van der Waals surface area contributed by atoms with Gasteiger partial charge in [-0.15, -0.1) is 0 Å². The van der Waals surface area contributed by atoms with Crippen molar-refractivity contribution in [3.63, 3.8) is 0 Å². The first-order valence-corrected chi connectivity index (χ1v) is 12.3. The molecule has 0 aliphatic heterocycles. The van der Waals surface area contributed by atoms with Crippen LogP contribution < -0.4 is 15.0 Å². The standard InChI is InChI=1S/C27H24N4O4S/c1-17-22(29-25(35-17)20-10-6-12-23(33-2)24(20)34-3)16-36-27-30-21-11-5-4-9-19(21)26(32)31(27)15-18-8-7-13-28-14-18/h4-14H,15-16H2,1-3H3. The maximum Gasteiger partial charge on any atom is 0.262 e. The average Bonchev–Trinajstić information content (AvgIpc) is 3.29. The molecule has 9 heteroatoms. The predicted molar refractivity (Wildman–Crippen MR) is 139 cm³/mol. The molecule has 8 nitrogen and oxygen atoms in total. The Morgan fingerprint density at radius 1 is 1.00 bits per heavy atom. The van der Waals surface area contributed by atoms with Gasteiger partial charge in [0.2, 0.25) is 5.89 Å². The minimum absolute atomic E-state index is 0.0920. The van der Waals surface area contributed by atoms with Gasteiger partial charge in [0, 0.05) is 18.1 Å². The molecule has 0 amide bonds. The summed E-state index contributed by atoms with van der Waals surface area (Å²) in [7, 11) is 3.17. The van der Waals surface area contributed by atoms with E-state index in [0.717, 1.165) is 11.3 Å². The molecule has 0 radical (unpaired) electrons. The van der Waals surface area contributed by atoms with E-state index in [4.69, 9.17) is 23.9 Å². The number of methoxy groups -OCH3 is 2. The first-order valence-electron chi connectivity index (χ1n) is 11.3. The largest absolute Gasteiger partial charge is 0.493 e. The molecule has 3 aromatic heterocycles. The molecule has 0 N–H and O–H groups in total. The van der Waals surface area contributed by atoms with Gasteiger partial charge >= 0.3 is 0 Å². The highest BCUT2D eigenvalue weighted by Crippen LogP contribution is 2.38. The lowest BCUT2D eigenvalue weighted by Crippen LogP contribution is -2.24. The number of aromatic nitrogens is 4. The first-order chi connectivity index (χ1) is 17.6. The van der Waals surface area contributed by atoms with Crippen LogP contribution in [0.4, 0.5) is 0 Å². The van der Waals surface area contributed by atoms with Crippen LogP contribution in [0.25, 0.3) is 22.4 Å². The summed E-state index contributed by atoms with van der Waals surface area (Å²) in [6.07, 6.45) is 3.47. The van der Waals surface area contributed by atoms with Gasteiger partial charge in [0.05, 0.1) is 42.9 Å². The molecular weight excluding hydrogens is 476 g/mol.